The first-order chi connectivity index (χ1) is 12.4. The highest BCUT2D eigenvalue weighted by Crippen LogP contribution is 2.14. The summed E-state index contributed by atoms with van der Waals surface area (Å²) >= 11 is 3.31. The Balaban J connectivity index is 1.81. The molecular formula is C17H16BrN5O3. The third-order valence-electron chi connectivity index (χ3n) is 3.01. The lowest BCUT2D eigenvalue weighted by Crippen LogP contribution is -2.33. The van der Waals surface area contributed by atoms with Gasteiger partial charge in [0.2, 0.25) is 5.91 Å². The predicted molar refractivity (Wildman–Crippen MR) is 102 cm³/mol. The molecule has 2 aromatic rings. The van der Waals surface area contributed by atoms with Crippen LogP contribution in [0, 0.1) is 0 Å². The van der Waals surface area contributed by atoms with E-state index in [2.05, 4.69) is 42.1 Å². The monoisotopic (exact) mass is 417 g/mol. The lowest BCUT2D eigenvalue weighted by molar-refractivity contribution is -0.136. The van der Waals surface area contributed by atoms with Crippen LogP contribution in [0.5, 0.6) is 0 Å². The maximum absolute atomic E-state index is 11.9. The van der Waals surface area contributed by atoms with Crippen LogP contribution in [0.3, 0.4) is 0 Å². The van der Waals surface area contributed by atoms with Gasteiger partial charge in [-0.05, 0) is 43.3 Å². The minimum Gasteiger partial charge on any atom is -0.326 e. The summed E-state index contributed by atoms with van der Waals surface area (Å²) in [6.45, 7) is 1.57. The quantitative estimate of drug-likeness (QED) is 0.393. The fraction of sp³-hybridized carbons (Fsp3) is 0.118. The minimum absolute atomic E-state index is 0.0296. The van der Waals surface area contributed by atoms with Gasteiger partial charge in [0, 0.05) is 22.1 Å². The highest BCUT2D eigenvalue weighted by Gasteiger charge is 2.14. The van der Waals surface area contributed by atoms with E-state index >= 15 is 0 Å². The fourth-order valence-electron chi connectivity index (χ4n) is 1.82. The maximum Gasteiger partial charge on any atom is 0.329 e. The van der Waals surface area contributed by atoms with Gasteiger partial charge in [-0.15, -0.1) is 0 Å². The molecular weight excluding hydrogens is 402 g/mol. The van der Waals surface area contributed by atoms with Gasteiger partial charge in [0.15, 0.2) is 0 Å². The van der Waals surface area contributed by atoms with E-state index in [4.69, 9.17) is 0 Å². The number of nitrogens with zero attached hydrogens (tertiary/aromatic N) is 2. The second kappa shape index (κ2) is 9.42. The number of aromatic nitrogens is 1. The average Bonchev–Trinajstić information content (AvgIpc) is 2.62. The predicted octanol–water partition coefficient (Wildman–Crippen LogP) is 2.30. The topological polar surface area (TPSA) is 113 Å². The van der Waals surface area contributed by atoms with Crippen LogP contribution in [-0.2, 0) is 14.4 Å². The normalized spacial score (nSPS) is 10.8. The number of nitrogens with one attached hydrogen (secondary N) is 3. The van der Waals surface area contributed by atoms with Crippen molar-refractivity contribution in [2.75, 3.05) is 10.6 Å². The van der Waals surface area contributed by atoms with Gasteiger partial charge < -0.3 is 10.6 Å². The number of hydrogen-bond donors (Lipinski definition) is 3. The van der Waals surface area contributed by atoms with E-state index in [0.29, 0.717) is 11.4 Å². The Morgan fingerprint density at radius 2 is 1.77 bits per heavy atom. The Kier molecular flexibility index (Phi) is 6.98. The number of halogens is 1. The van der Waals surface area contributed by atoms with Crippen molar-refractivity contribution < 1.29 is 14.4 Å². The molecule has 26 heavy (non-hydrogen) atoms. The smallest absolute Gasteiger partial charge is 0.326 e. The van der Waals surface area contributed by atoms with Gasteiger partial charge in [-0.1, -0.05) is 22.0 Å². The SMILES string of the molecule is C/C(CC(=O)Nc1ccc(Br)cc1)=N/NC(=O)C(=O)Nc1ccccn1. The van der Waals surface area contributed by atoms with Gasteiger partial charge >= 0.3 is 11.8 Å². The van der Waals surface area contributed by atoms with Crippen LogP contribution in [0.15, 0.2) is 58.2 Å². The van der Waals surface area contributed by atoms with Gasteiger partial charge in [0.25, 0.3) is 0 Å². The standard InChI is InChI=1S/C17H16BrN5O3/c1-11(10-15(24)20-13-7-5-12(18)6-8-13)22-23-17(26)16(25)21-14-4-2-3-9-19-14/h2-9H,10H2,1H3,(H,20,24)(H,23,26)(H,19,21,25)/b22-11-. The molecule has 8 nitrogen and oxygen atoms in total. The number of hydrogen-bond acceptors (Lipinski definition) is 5. The fourth-order valence-corrected chi connectivity index (χ4v) is 2.08. The third-order valence-corrected chi connectivity index (χ3v) is 3.53. The van der Waals surface area contributed by atoms with Gasteiger partial charge in [0.1, 0.15) is 5.82 Å². The summed E-state index contributed by atoms with van der Waals surface area (Å²) in [7, 11) is 0. The van der Waals surface area contributed by atoms with Crippen LogP contribution in [0.25, 0.3) is 0 Å². The lowest BCUT2D eigenvalue weighted by Gasteiger charge is -2.06. The molecule has 0 radical (unpaired) electrons. The van der Waals surface area contributed by atoms with Crippen molar-refractivity contribution in [3.8, 4) is 0 Å². The molecule has 0 aliphatic rings. The summed E-state index contributed by atoms with van der Waals surface area (Å²) in [6, 6.07) is 12.0. The number of benzene rings is 1. The van der Waals surface area contributed by atoms with Crippen LogP contribution < -0.4 is 16.1 Å². The van der Waals surface area contributed by atoms with Crippen LogP contribution in [0.2, 0.25) is 0 Å². The van der Waals surface area contributed by atoms with Gasteiger partial charge in [-0.3, -0.25) is 14.4 Å². The summed E-state index contributed by atoms with van der Waals surface area (Å²) in [5.41, 5.74) is 3.09. The van der Waals surface area contributed by atoms with E-state index in [-0.39, 0.29) is 18.1 Å². The van der Waals surface area contributed by atoms with Crippen molar-refractivity contribution >= 4 is 50.9 Å². The lowest BCUT2D eigenvalue weighted by atomic mass is 10.2. The number of hydrazone groups is 1. The molecule has 3 amide bonds. The zero-order chi connectivity index (χ0) is 18.9. The maximum atomic E-state index is 11.9. The molecule has 3 N–H and O–H groups in total. The largest absolute Gasteiger partial charge is 0.329 e. The van der Waals surface area contributed by atoms with E-state index in [0.717, 1.165) is 4.47 Å². The van der Waals surface area contributed by atoms with Crippen LogP contribution in [0.4, 0.5) is 11.5 Å². The molecule has 0 saturated carbocycles. The van der Waals surface area contributed by atoms with Gasteiger partial charge in [-0.25, -0.2) is 10.4 Å². The third kappa shape index (κ3) is 6.44. The summed E-state index contributed by atoms with van der Waals surface area (Å²) in [6.07, 6.45) is 1.46. The zero-order valence-electron chi connectivity index (χ0n) is 13.8. The summed E-state index contributed by atoms with van der Waals surface area (Å²) in [5.74, 6) is -1.90. The van der Waals surface area contributed by atoms with Crippen LogP contribution >= 0.6 is 15.9 Å². The van der Waals surface area contributed by atoms with Crippen molar-refractivity contribution in [1.29, 1.82) is 0 Å². The van der Waals surface area contributed by atoms with Crippen molar-refractivity contribution in [3.05, 3.63) is 53.1 Å². The number of rotatable bonds is 5. The molecule has 0 aliphatic carbocycles. The highest BCUT2D eigenvalue weighted by atomic mass is 79.9. The first kappa shape index (κ1) is 19.3. The summed E-state index contributed by atoms with van der Waals surface area (Å²) < 4.78 is 0.903. The Labute approximate surface area is 158 Å². The molecule has 0 aliphatic heterocycles. The molecule has 0 saturated heterocycles. The molecule has 0 fully saturated rings. The Morgan fingerprint density at radius 3 is 2.42 bits per heavy atom. The molecule has 134 valence electrons. The van der Waals surface area contributed by atoms with Crippen LogP contribution in [-0.4, -0.2) is 28.4 Å². The molecule has 0 unspecified atom stereocenters. The molecule has 1 aromatic carbocycles. The summed E-state index contributed by atoms with van der Waals surface area (Å²) in [4.78, 5) is 39.2. The second-order valence-electron chi connectivity index (χ2n) is 5.19. The number of carbonyl (C=O) groups is 3. The number of carbonyl (C=O) groups excluding carboxylic acids is 3. The molecule has 1 aromatic heterocycles. The average molecular weight is 418 g/mol. The van der Waals surface area contributed by atoms with Crippen LogP contribution in [0.1, 0.15) is 13.3 Å². The van der Waals surface area contributed by atoms with Crippen molar-refractivity contribution in [2.24, 2.45) is 5.10 Å². The van der Waals surface area contributed by atoms with E-state index in [1.807, 2.05) is 0 Å². The molecule has 1 heterocycles. The first-order valence-corrected chi connectivity index (χ1v) is 8.34. The molecule has 9 heteroatoms. The van der Waals surface area contributed by atoms with Crippen molar-refractivity contribution in [2.45, 2.75) is 13.3 Å². The zero-order valence-corrected chi connectivity index (χ0v) is 15.4. The van der Waals surface area contributed by atoms with E-state index in [1.165, 1.54) is 6.20 Å². The molecule has 2 rings (SSSR count). The summed E-state index contributed by atoms with van der Waals surface area (Å²) in [5, 5.41) is 8.78. The first-order valence-electron chi connectivity index (χ1n) is 7.55. The second-order valence-corrected chi connectivity index (χ2v) is 6.10. The number of pyridine rings is 1. The van der Waals surface area contributed by atoms with E-state index < -0.39 is 11.8 Å². The Hall–Kier alpha value is -3.07. The molecule has 0 bridgehead atoms. The molecule has 0 spiro atoms. The van der Waals surface area contributed by atoms with E-state index in [1.54, 1.807) is 49.4 Å². The minimum atomic E-state index is -0.955. The molecule has 0 atom stereocenters. The highest BCUT2D eigenvalue weighted by molar-refractivity contribution is 9.10. The Morgan fingerprint density at radius 1 is 1.04 bits per heavy atom. The van der Waals surface area contributed by atoms with Gasteiger partial charge in [0.05, 0.1) is 6.42 Å². The Bertz CT molecular complexity index is 822. The van der Waals surface area contributed by atoms with Gasteiger partial charge in [-0.2, -0.15) is 5.10 Å². The number of anilines is 2. The van der Waals surface area contributed by atoms with E-state index in [9.17, 15) is 14.4 Å². The van der Waals surface area contributed by atoms with Crippen molar-refractivity contribution in [3.63, 3.8) is 0 Å². The number of amides is 3. The van der Waals surface area contributed by atoms with Crippen molar-refractivity contribution in [1.82, 2.24) is 10.4 Å².